The van der Waals surface area contributed by atoms with Crippen LogP contribution in [0.1, 0.15) is 24.9 Å². The second-order valence-electron chi connectivity index (χ2n) is 5.75. The fourth-order valence-electron chi connectivity index (χ4n) is 2.79. The monoisotopic (exact) mass is 297 g/mol. The van der Waals surface area contributed by atoms with Crippen LogP contribution >= 0.6 is 0 Å². The number of nitrogens with zero attached hydrogens (tertiary/aromatic N) is 2. The van der Waals surface area contributed by atoms with Crippen LogP contribution in [0.5, 0.6) is 0 Å². The lowest BCUT2D eigenvalue weighted by molar-refractivity contribution is 0.149. The van der Waals surface area contributed by atoms with E-state index in [1.165, 1.54) is 12.1 Å². The van der Waals surface area contributed by atoms with Crippen LogP contribution in [0.4, 0.5) is 8.78 Å². The van der Waals surface area contributed by atoms with Gasteiger partial charge in [-0.1, -0.05) is 6.92 Å². The lowest BCUT2D eigenvalue weighted by Crippen LogP contribution is -2.45. The van der Waals surface area contributed by atoms with E-state index in [4.69, 9.17) is 0 Å². The molecule has 0 spiro atoms. The minimum atomic E-state index is -0.507. The van der Waals surface area contributed by atoms with Crippen molar-refractivity contribution in [1.29, 1.82) is 0 Å². The predicted octanol–water partition coefficient (Wildman–Crippen LogP) is 2.25. The van der Waals surface area contributed by atoms with Gasteiger partial charge in [-0.2, -0.15) is 0 Å². The zero-order valence-corrected chi connectivity index (χ0v) is 12.9. The number of rotatable bonds is 6. The third kappa shape index (κ3) is 5.02. The maximum atomic E-state index is 13.4. The summed E-state index contributed by atoms with van der Waals surface area (Å²) in [6.07, 6.45) is 0.862. The summed E-state index contributed by atoms with van der Waals surface area (Å²) in [4.78, 5) is 4.74. The first-order valence-electron chi connectivity index (χ1n) is 7.68. The Morgan fingerprint density at radius 1 is 1.10 bits per heavy atom. The van der Waals surface area contributed by atoms with Crippen LogP contribution in [0.15, 0.2) is 18.2 Å². The van der Waals surface area contributed by atoms with E-state index in [1.807, 2.05) is 6.92 Å². The Morgan fingerprint density at radius 2 is 1.71 bits per heavy atom. The number of benzene rings is 1. The third-order valence-electron chi connectivity index (χ3n) is 4.07. The standard InChI is InChI=1S/C16H25F2N3/c1-3-19-16(13-10-14(17)12-15(18)11-13)4-5-21-8-6-20(2)7-9-21/h10-12,16,19H,3-9H2,1-2H3. The summed E-state index contributed by atoms with van der Waals surface area (Å²) in [7, 11) is 2.13. The van der Waals surface area contributed by atoms with Gasteiger partial charge in [-0.3, -0.25) is 0 Å². The number of hydrogen-bond acceptors (Lipinski definition) is 3. The Labute approximate surface area is 125 Å². The normalized spacial score (nSPS) is 18.9. The third-order valence-corrected chi connectivity index (χ3v) is 4.07. The fourth-order valence-corrected chi connectivity index (χ4v) is 2.79. The molecular formula is C16H25F2N3. The molecule has 1 heterocycles. The molecule has 0 aromatic heterocycles. The summed E-state index contributed by atoms with van der Waals surface area (Å²) in [5.41, 5.74) is 0.698. The molecule has 0 saturated carbocycles. The van der Waals surface area contributed by atoms with Crippen molar-refractivity contribution in [2.24, 2.45) is 0 Å². The van der Waals surface area contributed by atoms with Gasteiger partial charge in [0.05, 0.1) is 0 Å². The molecule has 118 valence electrons. The van der Waals surface area contributed by atoms with E-state index in [2.05, 4.69) is 22.2 Å². The van der Waals surface area contributed by atoms with Crippen molar-refractivity contribution in [3.8, 4) is 0 Å². The van der Waals surface area contributed by atoms with Gasteiger partial charge in [-0.05, 0) is 37.7 Å². The van der Waals surface area contributed by atoms with Crippen molar-refractivity contribution in [3.63, 3.8) is 0 Å². The van der Waals surface area contributed by atoms with E-state index < -0.39 is 11.6 Å². The van der Waals surface area contributed by atoms with Gasteiger partial charge in [0.2, 0.25) is 0 Å². The Bertz CT molecular complexity index is 425. The second kappa shape index (κ2) is 7.82. The smallest absolute Gasteiger partial charge is 0.126 e. The van der Waals surface area contributed by atoms with Gasteiger partial charge in [0.1, 0.15) is 11.6 Å². The van der Waals surface area contributed by atoms with Crippen LogP contribution in [0.25, 0.3) is 0 Å². The van der Waals surface area contributed by atoms with E-state index in [0.717, 1.165) is 51.8 Å². The van der Waals surface area contributed by atoms with Gasteiger partial charge in [-0.15, -0.1) is 0 Å². The first-order valence-corrected chi connectivity index (χ1v) is 7.68. The molecule has 0 bridgehead atoms. The summed E-state index contributed by atoms with van der Waals surface area (Å²) in [6.45, 7) is 8.04. The van der Waals surface area contributed by atoms with E-state index in [0.29, 0.717) is 5.56 Å². The van der Waals surface area contributed by atoms with Crippen LogP contribution in [-0.4, -0.2) is 56.1 Å². The topological polar surface area (TPSA) is 18.5 Å². The highest BCUT2D eigenvalue weighted by molar-refractivity contribution is 5.21. The van der Waals surface area contributed by atoms with Gasteiger partial charge >= 0.3 is 0 Å². The molecule has 0 aliphatic carbocycles. The zero-order valence-electron chi connectivity index (χ0n) is 12.9. The minimum absolute atomic E-state index is 0.000133. The van der Waals surface area contributed by atoms with Gasteiger partial charge in [0.15, 0.2) is 0 Å². The van der Waals surface area contributed by atoms with Crippen molar-refractivity contribution in [2.45, 2.75) is 19.4 Å². The first-order chi connectivity index (χ1) is 10.1. The average Bonchev–Trinajstić information content (AvgIpc) is 2.44. The second-order valence-corrected chi connectivity index (χ2v) is 5.75. The number of nitrogens with one attached hydrogen (secondary N) is 1. The molecule has 1 N–H and O–H groups in total. The molecule has 21 heavy (non-hydrogen) atoms. The van der Waals surface area contributed by atoms with Crippen LogP contribution in [-0.2, 0) is 0 Å². The molecule has 0 amide bonds. The zero-order chi connectivity index (χ0) is 15.2. The highest BCUT2D eigenvalue weighted by Crippen LogP contribution is 2.20. The van der Waals surface area contributed by atoms with Crippen molar-refractivity contribution >= 4 is 0 Å². The van der Waals surface area contributed by atoms with E-state index in [-0.39, 0.29) is 6.04 Å². The highest BCUT2D eigenvalue weighted by Gasteiger charge is 2.17. The first kappa shape index (κ1) is 16.3. The number of halogens is 2. The molecule has 1 saturated heterocycles. The molecular weight excluding hydrogens is 272 g/mol. The van der Waals surface area contributed by atoms with Crippen molar-refractivity contribution < 1.29 is 8.78 Å². The molecule has 1 unspecified atom stereocenters. The largest absolute Gasteiger partial charge is 0.310 e. The SMILES string of the molecule is CCNC(CCN1CCN(C)CC1)c1cc(F)cc(F)c1. The molecule has 1 aromatic carbocycles. The predicted molar refractivity (Wildman–Crippen MR) is 81.3 cm³/mol. The summed E-state index contributed by atoms with van der Waals surface area (Å²) in [5, 5.41) is 3.33. The van der Waals surface area contributed by atoms with Gasteiger partial charge in [-0.25, -0.2) is 8.78 Å². The minimum Gasteiger partial charge on any atom is -0.310 e. The van der Waals surface area contributed by atoms with Crippen molar-refractivity contribution in [2.75, 3.05) is 46.3 Å². The molecule has 1 fully saturated rings. The summed E-state index contributed by atoms with van der Waals surface area (Å²) < 4.78 is 26.8. The molecule has 3 nitrogen and oxygen atoms in total. The van der Waals surface area contributed by atoms with Crippen molar-refractivity contribution in [3.05, 3.63) is 35.4 Å². The summed E-state index contributed by atoms with van der Waals surface area (Å²) >= 11 is 0. The van der Waals surface area contributed by atoms with Crippen LogP contribution < -0.4 is 5.32 Å². The summed E-state index contributed by atoms with van der Waals surface area (Å²) in [6, 6.07) is 3.79. The lowest BCUT2D eigenvalue weighted by Gasteiger charge is -2.33. The van der Waals surface area contributed by atoms with Gasteiger partial charge in [0, 0.05) is 44.8 Å². The number of piperazine rings is 1. The molecule has 0 radical (unpaired) electrons. The highest BCUT2D eigenvalue weighted by atomic mass is 19.1. The molecule has 5 heteroatoms. The molecule has 1 aromatic rings. The van der Waals surface area contributed by atoms with Crippen LogP contribution in [0.3, 0.4) is 0 Å². The molecule has 1 aliphatic heterocycles. The van der Waals surface area contributed by atoms with Crippen molar-refractivity contribution in [1.82, 2.24) is 15.1 Å². The lowest BCUT2D eigenvalue weighted by atomic mass is 10.0. The molecule has 2 rings (SSSR count). The Morgan fingerprint density at radius 3 is 2.29 bits per heavy atom. The number of hydrogen-bond donors (Lipinski definition) is 1. The maximum Gasteiger partial charge on any atom is 0.126 e. The van der Waals surface area contributed by atoms with E-state index in [1.54, 1.807) is 0 Å². The fraction of sp³-hybridized carbons (Fsp3) is 0.625. The maximum absolute atomic E-state index is 13.4. The van der Waals surface area contributed by atoms with Gasteiger partial charge in [0.25, 0.3) is 0 Å². The van der Waals surface area contributed by atoms with E-state index >= 15 is 0 Å². The van der Waals surface area contributed by atoms with Crippen LogP contribution in [0, 0.1) is 11.6 Å². The van der Waals surface area contributed by atoms with Crippen LogP contribution in [0.2, 0.25) is 0 Å². The quantitative estimate of drug-likeness (QED) is 0.869. The average molecular weight is 297 g/mol. The Hall–Kier alpha value is -1.04. The molecule has 1 atom stereocenters. The Balaban J connectivity index is 1.95. The Kier molecular flexibility index (Phi) is 6.08. The van der Waals surface area contributed by atoms with Gasteiger partial charge < -0.3 is 15.1 Å². The van der Waals surface area contributed by atoms with E-state index in [9.17, 15) is 8.78 Å². The number of likely N-dealkylation sites (N-methyl/N-ethyl adjacent to an activating group) is 1. The summed E-state index contributed by atoms with van der Waals surface area (Å²) in [5.74, 6) is -1.01. The molecule has 1 aliphatic rings.